The van der Waals surface area contributed by atoms with Gasteiger partial charge in [0, 0.05) is 36.2 Å². The van der Waals surface area contributed by atoms with E-state index in [2.05, 4.69) is 37.5 Å². The predicted molar refractivity (Wildman–Crippen MR) is 179 cm³/mol. The van der Waals surface area contributed by atoms with E-state index in [9.17, 15) is 0 Å². The van der Waals surface area contributed by atoms with E-state index in [0.717, 1.165) is 9.81 Å². The average molecular weight is 625 g/mol. The second-order valence-electron chi connectivity index (χ2n) is 9.13. The van der Waals surface area contributed by atoms with Gasteiger partial charge in [0.2, 0.25) is 12.6 Å². The molecule has 2 aliphatic heterocycles. The molecule has 0 aromatic rings. The van der Waals surface area contributed by atoms with Crippen molar-refractivity contribution >= 4 is 47.0 Å². The largest absolute Gasteiger partial charge is 0.342 e. The highest BCUT2D eigenvalue weighted by Crippen LogP contribution is 2.61. The number of allylic oxidation sites excluding steroid dienone is 4. The second kappa shape index (κ2) is 22.2. The maximum atomic E-state index is 5.67. The van der Waals surface area contributed by atoms with Crippen LogP contribution in [0.25, 0.3) is 0 Å². The van der Waals surface area contributed by atoms with Crippen LogP contribution in [0.4, 0.5) is 0 Å². The molecule has 0 unspecified atom stereocenters. The van der Waals surface area contributed by atoms with Gasteiger partial charge >= 0.3 is 0 Å². The molecule has 40 heavy (non-hydrogen) atoms. The molecule has 0 radical (unpaired) electrons. The highest BCUT2D eigenvalue weighted by Gasteiger charge is 2.29. The maximum absolute atomic E-state index is 5.67. The van der Waals surface area contributed by atoms with E-state index in [0.29, 0.717) is 26.4 Å². The smallest absolute Gasteiger partial charge is 0.222 e. The Morgan fingerprint density at radius 3 is 1.23 bits per heavy atom. The third-order valence-corrected chi connectivity index (χ3v) is 11.6. The Bertz CT molecular complexity index is 894. The molecule has 0 aromatic carbocycles. The lowest BCUT2D eigenvalue weighted by Gasteiger charge is -2.09. The molecule has 0 amide bonds. The van der Waals surface area contributed by atoms with E-state index in [1.165, 1.54) is 72.7 Å². The molecule has 0 bridgehead atoms. The summed E-state index contributed by atoms with van der Waals surface area (Å²) in [5.41, 5.74) is 0. The molecule has 0 fully saturated rings. The minimum Gasteiger partial charge on any atom is -0.342 e. The SMILES string of the molecule is CCCCCCC1=C(CCCCCC)SC(=C2SC(C#CC(OCC)OCC)=C(C#CC(OCC)OCC)S2)S1. The Morgan fingerprint density at radius 1 is 0.500 bits per heavy atom. The lowest BCUT2D eigenvalue weighted by Crippen LogP contribution is -2.15. The number of ether oxygens (including phenoxy) is 4. The fourth-order valence-corrected chi connectivity index (χ4v) is 9.43. The number of thioether (sulfide) groups is 4. The van der Waals surface area contributed by atoms with Gasteiger partial charge in [-0.2, -0.15) is 0 Å². The lowest BCUT2D eigenvalue weighted by molar-refractivity contribution is -0.0972. The van der Waals surface area contributed by atoms with Gasteiger partial charge in [0.25, 0.3) is 0 Å². The van der Waals surface area contributed by atoms with Crippen LogP contribution in [0.2, 0.25) is 0 Å². The molecule has 0 saturated carbocycles. The first-order valence-corrected chi connectivity index (χ1v) is 18.3. The summed E-state index contributed by atoms with van der Waals surface area (Å²) in [7, 11) is 0. The topological polar surface area (TPSA) is 36.9 Å². The molecule has 0 N–H and O–H groups in total. The second-order valence-corrected chi connectivity index (χ2v) is 13.9. The van der Waals surface area contributed by atoms with Crippen molar-refractivity contribution in [3.05, 3.63) is 28.1 Å². The molecule has 224 valence electrons. The van der Waals surface area contributed by atoms with Gasteiger partial charge < -0.3 is 18.9 Å². The summed E-state index contributed by atoms with van der Waals surface area (Å²) in [6.45, 7) is 14.6. The van der Waals surface area contributed by atoms with Gasteiger partial charge in [-0.3, -0.25) is 0 Å². The number of unbranched alkanes of at least 4 members (excludes halogenated alkanes) is 6. The molecular weight excluding hydrogens is 577 g/mol. The minimum atomic E-state index is -0.542. The van der Waals surface area contributed by atoms with E-state index in [-0.39, 0.29) is 0 Å². The molecule has 2 heterocycles. The maximum Gasteiger partial charge on any atom is 0.222 e. The Hall–Kier alpha value is -0.420. The average Bonchev–Trinajstić information content (AvgIpc) is 3.55. The summed E-state index contributed by atoms with van der Waals surface area (Å²) in [5.74, 6) is 13.0. The van der Waals surface area contributed by atoms with Crippen LogP contribution in [-0.2, 0) is 18.9 Å². The molecule has 0 spiro atoms. The fourth-order valence-electron chi connectivity index (χ4n) is 3.91. The fraction of sp³-hybridized carbons (Fsp3) is 0.688. The normalized spacial score (nSPS) is 15.4. The van der Waals surface area contributed by atoms with Crippen molar-refractivity contribution in [2.24, 2.45) is 0 Å². The molecular formula is C32H48O4S4. The van der Waals surface area contributed by atoms with Crippen LogP contribution in [0.3, 0.4) is 0 Å². The summed E-state index contributed by atoms with van der Waals surface area (Å²) in [6.07, 6.45) is 11.6. The van der Waals surface area contributed by atoms with Crippen molar-refractivity contribution < 1.29 is 18.9 Å². The van der Waals surface area contributed by atoms with Crippen LogP contribution >= 0.6 is 47.0 Å². The van der Waals surface area contributed by atoms with Crippen molar-refractivity contribution in [3.8, 4) is 23.7 Å². The molecule has 8 heteroatoms. The number of hydrogen-bond acceptors (Lipinski definition) is 8. The van der Waals surface area contributed by atoms with E-state index >= 15 is 0 Å². The van der Waals surface area contributed by atoms with E-state index < -0.39 is 12.6 Å². The quantitative estimate of drug-likeness (QED) is 0.0847. The molecule has 4 nitrogen and oxygen atoms in total. The summed E-state index contributed by atoms with van der Waals surface area (Å²) >= 11 is 7.42. The summed E-state index contributed by atoms with van der Waals surface area (Å²) in [4.78, 5) is 5.04. The Balaban J connectivity index is 2.29. The third-order valence-electron chi connectivity index (χ3n) is 5.90. The molecule has 0 aromatic heterocycles. The van der Waals surface area contributed by atoms with Gasteiger partial charge in [-0.15, -0.1) is 0 Å². The van der Waals surface area contributed by atoms with Crippen molar-refractivity contribution in [1.82, 2.24) is 0 Å². The Labute approximate surface area is 261 Å². The predicted octanol–water partition coefficient (Wildman–Crippen LogP) is 10.2. The van der Waals surface area contributed by atoms with Crippen molar-refractivity contribution in [1.29, 1.82) is 0 Å². The molecule has 0 atom stereocenters. The highest BCUT2D eigenvalue weighted by molar-refractivity contribution is 8.34. The van der Waals surface area contributed by atoms with Gasteiger partial charge in [0.05, 0.1) is 18.3 Å². The van der Waals surface area contributed by atoms with Gasteiger partial charge in [0.15, 0.2) is 0 Å². The van der Waals surface area contributed by atoms with Crippen LogP contribution in [0, 0.1) is 23.7 Å². The Kier molecular flexibility index (Phi) is 19.8. The minimum absolute atomic E-state index is 0.542. The van der Waals surface area contributed by atoms with Gasteiger partial charge in [-0.1, -0.05) is 111 Å². The lowest BCUT2D eigenvalue weighted by atomic mass is 10.1. The zero-order valence-corrected chi connectivity index (χ0v) is 28.6. The zero-order chi connectivity index (χ0) is 29.0. The van der Waals surface area contributed by atoms with E-state index in [1.807, 2.05) is 51.2 Å². The summed E-state index contributed by atoms with van der Waals surface area (Å²) in [5, 5.41) is 0. The highest BCUT2D eigenvalue weighted by atomic mass is 32.2. The van der Waals surface area contributed by atoms with Crippen LogP contribution in [0.5, 0.6) is 0 Å². The third kappa shape index (κ3) is 13.3. The first kappa shape index (κ1) is 35.8. The van der Waals surface area contributed by atoms with Crippen molar-refractivity contribution in [3.63, 3.8) is 0 Å². The first-order chi connectivity index (χ1) is 19.6. The summed E-state index contributed by atoms with van der Waals surface area (Å²) < 4.78 is 25.3. The van der Waals surface area contributed by atoms with Gasteiger partial charge in [-0.05, 0) is 65.2 Å². The number of hydrogen-bond donors (Lipinski definition) is 0. The van der Waals surface area contributed by atoms with E-state index in [1.54, 1.807) is 33.3 Å². The monoisotopic (exact) mass is 624 g/mol. The van der Waals surface area contributed by atoms with Crippen LogP contribution in [0.15, 0.2) is 28.1 Å². The molecule has 2 rings (SSSR count). The standard InChI is InChI=1S/C32H48O4S4/c1-7-13-15-17-19-25-26(20-18-16-14-8-2)38-31(37-25)32-39-27(21-23-29(33-9-3)34-10-4)28(40-32)22-24-30(35-11-5)36-12-6/h29-30H,7-20H2,1-6H3. The molecule has 0 saturated heterocycles. The van der Waals surface area contributed by atoms with Crippen molar-refractivity contribution in [2.45, 2.75) is 118 Å². The first-order valence-electron chi connectivity index (χ1n) is 15.0. The molecule has 2 aliphatic rings. The van der Waals surface area contributed by atoms with Gasteiger partial charge in [0.1, 0.15) is 0 Å². The number of rotatable bonds is 18. The van der Waals surface area contributed by atoms with Crippen LogP contribution in [0.1, 0.15) is 106 Å². The van der Waals surface area contributed by atoms with Crippen LogP contribution < -0.4 is 0 Å². The van der Waals surface area contributed by atoms with E-state index in [4.69, 9.17) is 18.9 Å². The zero-order valence-electron chi connectivity index (χ0n) is 25.3. The van der Waals surface area contributed by atoms with Crippen LogP contribution in [-0.4, -0.2) is 39.0 Å². The van der Waals surface area contributed by atoms with Crippen molar-refractivity contribution in [2.75, 3.05) is 26.4 Å². The Morgan fingerprint density at radius 2 is 0.875 bits per heavy atom. The molecule has 0 aliphatic carbocycles. The summed E-state index contributed by atoms with van der Waals surface area (Å²) in [6, 6.07) is 0. The van der Waals surface area contributed by atoms with Gasteiger partial charge in [-0.25, -0.2) is 0 Å².